The van der Waals surface area contributed by atoms with E-state index in [0.29, 0.717) is 6.42 Å². The smallest absolute Gasteiger partial charge is 0.163 e. The van der Waals surface area contributed by atoms with Crippen LogP contribution < -0.4 is 0 Å². The zero-order valence-corrected chi connectivity index (χ0v) is 9.82. The predicted molar refractivity (Wildman–Crippen MR) is 61.5 cm³/mol. The predicted octanol–water partition coefficient (Wildman–Crippen LogP) is 3.38. The number of carbonyl (C=O) groups excluding carboxylic acids is 1. The van der Waals surface area contributed by atoms with Crippen LogP contribution in [0.5, 0.6) is 0 Å². The molecule has 13 heavy (non-hydrogen) atoms. The summed E-state index contributed by atoms with van der Waals surface area (Å²) in [5.41, 5.74) is 0.795. The highest BCUT2D eigenvalue weighted by Crippen LogP contribution is 2.13. The molecule has 0 unspecified atom stereocenters. The summed E-state index contributed by atoms with van der Waals surface area (Å²) in [5, 5.41) is 0. The maximum atomic E-state index is 11.5. The molecule has 1 aromatic carbocycles. The maximum Gasteiger partial charge on any atom is 0.163 e. The summed E-state index contributed by atoms with van der Waals surface area (Å²) < 4.78 is 0.961. The Morgan fingerprint density at radius 1 is 1.54 bits per heavy atom. The Balaban J connectivity index is 2.66. The van der Waals surface area contributed by atoms with Gasteiger partial charge in [-0.15, -0.1) is 0 Å². The van der Waals surface area contributed by atoms with Crippen molar-refractivity contribution in [2.24, 2.45) is 0 Å². The van der Waals surface area contributed by atoms with Crippen molar-refractivity contribution in [1.29, 1.82) is 0 Å². The summed E-state index contributed by atoms with van der Waals surface area (Å²) in [6, 6.07) is 7.53. The van der Waals surface area contributed by atoms with Crippen LogP contribution in [0.4, 0.5) is 0 Å². The summed E-state index contributed by atoms with van der Waals surface area (Å²) in [7, 11) is 0. The molecule has 1 aromatic rings. The highest BCUT2D eigenvalue weighted by Gasteiger charge is 2.04. The molecule has 0 saturated heterocycles. The summed E-state index contributed by atoms with van der Waals surface area (Å²) in [4.78, 5) is 11.5. The fraction of sp³-hybridized carbons (Fsp3) is 0.300. The van der Waals surface area contributed by atoms with Gasteiger partial charge in [0.1, 0.15) is 0 Å². The maximum absolute atomic E-state index is 11.5. The fourth-order valence-electron chi connectivity index (χ4n) is 1.00. The Hall–Kier alpha value is -0.280. The lowest BCUT2D eigenvalue weighted by molar-refractivity contribution is 0.0989. The van der Waals surface area contributed by atoms with E-state index >= 15 is 0 Å². The monoisotopic (exact) mass is 258 g/mol. The lowest BCUT2D eigenvalue weighted by Crippen LogP contribution is -1.99. The van der Waals surface area contributed by atoms with Crippen molar-refractivity contribution in [2.45, 2.75) is 6.42 Å². The lowest BCUT2D eigenvalue weighted by Gasteiger charge is -1.99. The van der Waals surface area contributed by atoms with Gasteiger partial charge in [0.25, 0.3) is 0 Å². The van der Waals surface area contributed by atoms with Crippen LogP contribution in [0.25, 0.3) is 0 Å². The molecule has 0 radical (unpaired) electrons. The van der Waals surface area contributed by atoms with E-state index in [2.05, 4.69) is 15.9 Å². The molecule has 3 heteroatoms. The third kappa shape index (κ3) is 3.53. The first-order valence-corrected chi connectivity index (χ1v) is 6.20. The molecular formula is C10H11BrOS. The molecular weight excluding hydrogens is 248 g/mol. The SMILES string of the molecule is CSCCC(=O)c1cccc(Br)c1. The van der Waals surface area contributed by atoms with E-state index in [1.807, 2.05) is 30.5 Å². The van der Waals surface area contributed by atoms with Crippen molar-refractivity contribution >= 4 is 33.5 Å². The van der Waals surface area contributed by atoms with Crippen LogP contribution in [-0.4, -0.2) is 17.8 Å². The minimum atomic E-state index is 0.218. The van der Waals surface area contributed by atoms with Gasteiger partial charge in [-0.2, -0.15) is 11.8 Å². The molecule has 0 N–H and O–H groups in total. The third-order valence-electron chi connectivity index (χ3n) is 1.68. The normalized spacial score (nSPS) is 10.0. The Bertz CT molecular complexity index is 299. The number of benzene rings is 1. The first-order valence-electron chi connectivity index (χ1n) is 4.01. The molecule has 0 aliphatic heterocycles. The van der Waals surface area contributed by atoms with Gasteiger partial charge in [0.15, 0.2) is 5.78 Å². The molecule has 0 atom stereocenters. The molecule has 0 spiro atoms. The summed E-state index contributed by atoms with van der Waals surface area (Å²) in [6.45, 7) is 0. The summed E-state index contributed by atoms with van der Waals surface area (Å²) >= 11 is 5.04. The Morgan fingerprint density at radius 2 is 2.31 bits per heavy atom. The van der Waals surface area contributed by atoms with Gasteiger partial charge in [0.2, 0.25) is 0 Å². The minimum Gasteiger partial charge on any atom is -0.294 e. The molecule has 1 rings (SSSR count). The Morgan fingerprint density at radius 3 is 2.92 bits per heavy atom. The Labute approximate surface area is 91.0 Å². The largest absolute Gasteiger partial charge is 0.294 e. The molecule has 0 saturated carbocycles. The van der Waals surface area contributed by atoms with E-state index in [4.69, 9.17) is 0 Å². The van der Waals surface area contributed by atoms with Gasteiger partial charge >= 0.3 is 0 Å². The van der Waals surface area contributed by atoms with E-state index in [0.717, 1.165) is 15.8 Å². The molecule has 0 aromatic heterocycles. The first-order chi connectivity index (χ1) is 6.24. The van der Waals surface area contributed by atoms with Crippen LogP contribution in [0.2, 0.25) is 0 Å². The zero-order valence-electron chi connectivity index (χ0n) is 7.42. The third-order valence-corrected chi connectivity index (χ3v) is 2.79. The average molecular weight is 259 g/mol. The van der Waals surface area contributed by atoms with E-state index in [1.165, 1.54) is 0 Å². The van der Waals surface area contributed by atoms with E-state index in [1.54, 1.807) is 11.8 Å². The van der Waals surface area contributed by atoms with Gasteiger partial charge < -0.3 is 0 Å². The summed E-state index contributed by atoms with van der Waals surface area (Å²) in [5.74, 6) is 1.11. The second kappa shape index (κ2) is 5.45. The van der Waals surface area contributed by atoms with Crippen molar-refractivity contribution in [1.82, 2.24) is 0 Å². The number of Topliss-reactive ketones (excluding diaryl/α,β-unsaturated/α-hetero) is 1. The zero-order chi connectivity index (χ0) is 9.68. The second-order valence-corrected chi connectivity index (χ2v) is 4.58. The minimum absolute atomic E-state index is 0.218. The molecule has 0 bridgehead atoms. The molecule has 0 aliphatic rings. The van der Waals surface area contributed by atoms with Gasteiger partial charge in [-0.1, -0.05) is 28.1 Å². The molecule has 0 fully saturated rings. The molecule has 0 amide bonds. The second-order valence-electron chi connectivity index (χ2n) is 2.68. The van der Waals surface area contributed by atoms with Crippen molar-refractivity contribution in [3.05, 3.63) is 34.3 Å². The quantitative estimate of drug-likeness (QED) is 0.771. The van der Waals surface area contributed by atoms with E-state index in [9.17, 15) is 4.79 Å². The van der Waals surface area contributed by atoms with Crippen LogP contribution in [0.3, 0.4) is 0 Å². The number of hydrogen-bond acceptors (Lipinski definition) is 2. The van der Waals surface area contributed by atoms with E-state index in [-0.39, 0.29) is 5.78 Å². The molecule has 0 heterocycles. The lowest BCUT2D eigenvalue weighted by atomic mass is 10.1. The highest BCUT2D eigenvalue weighted by molar-refractivity contribution is 9.10. The first kappa shape index (κ1) is 10.8. The van der Waals surface area contributed by atoms with Crippen LogP contribution in [0, 0.1) is 0 Å². The number of hydrogen-bond donors (Lipinski definition) is 0. The van der Waals surface area contributed by atoms with Gasteiger partial charge in [-0.25, -0.2) is 0 Å². The molecule has 1 nitrogen and oxygen atoms in total. The van der Waals surface area contributed by atoms with Crippen LogP contribution in [0.15, 0.2) is 28.7 Å². The average Bonchev–Trinajstić information content (AvgIpc) is 2.14. The van der Waals surface area contributed by atoms with Gasteiger partial charge in [0.05, 0.1) is 0 Å². The number of thioether (sulfide) groups is 1. The molecule has 70 valence electrons. The van der Waals surface area contributed by atoms with Crippen molar-refractivity contribution in [2.75, 3.05) is 12.0 Å². The van der Waals surface area contributed by atoms with Crippen LogP contribution in [0.1, 0.15) is 16.8 Å². The summed E-state index contributed by atoms with van der Waals surface area (Å²) in [6.07, 6.45) is 2.63. The van der Waals surface area contributed by atoms with Gasteiger partial charge in [-0.3, -0.25) is 4.79 Å². The highest BCUT2D eigenvalue weighted by atomic mass is 79.9. The van der Waals surface area contributed by atoms with Gasteiger partial charge in [-0.05, 0) is 18.4 Å². The topological polar surface area (TPSA) is 17.1 Å². The number of halogens is 1. The number of rotatable bonds is 4. The number of carbonyl (C=O) groups is 1. The fourth-order valence-corrected chi connectivity index (χ4v) is 1.79. The standard InChI is InChI=1S/C10H11BrOS/c1-13-6-5-10(12)8-3-2-4-9(11)7-8/h2-4,7H,5-6H2,1H3. The Kier molecular flexibility index (Phi) is 4.53. The van der Waals surface area contributed by atoms with Gasteiger partial charge in [0, 0.05) is 22.2 Å². The van der Waals surface area contributed by atoms with Crippen LogP contribution >= 0.6 is 27.7 Å². The van der Waals surface area contributed by atoms with Crippen molar-refractivity contribution in [3.63, 3.8) is 0 Å². The molecule has 0 aliphatic carbocycles. The van der Waals surface area contributed by atoms with E-state index < -0.39 is 0 Å². The van der Waals surface area contributed by atoms with Crippen molar-refractivity contribution < 1.29 is 4.79 Å². The van der Waals surface area contributed by atoms with Crippen LogP contribution in [-0.2, 0) is 0 Å². The van der Waals surface area contributed by atoms with Crippen molar-refractivity contribution in [3.8, 4) is 0 Å². The number of ketones is 1.